The van der Waals surface area contributed by atoms with Crippen LogP contribution >= 0.6 is 0 Å². The Morgan fingerprint density at radius 3 is 2.32 bits per heavy atom. The van der Waals surface area contributed by atoms with E-state index in [9.17, 15) is 14.4 Å². The van der Waals surface area contributed by atoms with Gasteiger partial charge in [-0.15, -0.1) is 0 Å². The van der Waals surface area contributed by atoms with Gasteiger partial charge in [0, 0.05) is 11.9 Å². The minimum Gasteiger partial charge on any atom is -0.491 e. The highest BCUT2D eigenvalue weighted by Gasteiger charge is 2.24. The van der Waals surface area contributed by atoms with Crippen LogP contribution in [0.3, 0.4) is 0 Å². The summed E-state index contributed by atoms with van der Waals surface area (Å²) < 4.78 is 18.2. The molecule has 0 saturated carbocycles. The minimum atomic E-state index is -0.958. The van der Waals surface area contributed by atoms with Gasteiger partial charge in [0.25, 0.3) is 5.56 Å². The van der Waals surface area contributed by atoms with Crippen LogP contribution in [0.25, 0.3) is 10.8 Å². The molecule has 1 aromatic heterocycles. The molecule has 0 atom stereocenters. The van der Waals surface area contributed by atoms with Gasteiger partial charge in [-0.2, -0.15) is 0 Å². The quantitative estimate of drug-likeness (QED) is 0.533. The summed E-state index contributed by atoms with van der Waals surface area (Å²) in [5, 5.41) is 3.63. The number of hydrogen-bond acceptors (Lipinski definition) is 6. The third kappa shape index (κ3) is 7.67. The first-order chi connectivity index (χ1) is 15.7. The van der Waals surface area contributed by atoms with Crippen molar-refractivity contribution in [2.45, 2.75) is 80.0 Å². The Morgan fingerprint density at radius 1 is 1.09 bits per heavy atom. The number of nitrogens with one attached hydrogen (secondary N) is 1. The van der Waals surface area contributed by atoms with Crippen LogP contribution < -0.4 is 26.1 Å². The molecule has 0 aliphatic rings. The first-order valence-electron chi connectivity index (χ1n) is 11.5. The molecule has 0 aliphatic heterocycles. The van der Waals surface area contributed by atoms with Crippen molar-refractivity contribution < 1.29 is 23.8 Å². The molecule has 2 aromatic rings. The monoisotopic (exact) mass is 475 g/mol. The number of alkyl carbamates (subject to hydrolysis) is 1. The molecule has 1 heterocycles. The molecule has 0 unspecified atom stereocenters. The summed E-state index contributed by atoms with van der Waals surface area (Å²) in [6, 6.07) is 4.67. The number of amides is 2. The van der Waals surface area contributed by atoms with Crippen molar-refractivity contribution in [2.24, 2.45) is 11.1 Å². The van der Waals surface area contributed by atoms with Crippen LogP contribution in [0.5, 0.6) is 11.5 Å². The molecule has 0 spiro atoms. The van der Waals surface area contributed by atoms with Crippen LogP contribution in [0.15, 0.2) is 23.0 Å². The van der Waals surface area contributed by atoms with E-state index >= 15 is 0 Å². The first kappa shape index (κ1) is 27.0. The number of hydrogen-bond donors (Lipinski definition) is 2. The van der Waals surface area contributed by atoms with Crippen LogP contribution in [-0.4, -0.2) is 29.0 Å². The molecule has 0 fully saturated rings. The summed E-state index contributed by atoms with van der Waals surface area (Å²) >= 11 is 0. The summed E-state index contributed by atoms with van der Waals surface area (Å²) in [6.07, 6.45) is 0.158. The van der Waals surface area contributed by atoms with Crippen LogP contribution in [0.1, 0.15) is 67.0 Å². The lowest BCUT2D eigenvalue weighted by molar-refractivity contribution is 0.0521. The maximum Gasteiger partial charge on any atom is 0.409 e. The number of nitrogens with two attached hydrogens (primary N) is 1. The maximum absolute atomic E-state index is 13.5. The number of aromatic nitrogens is 1. The second-order valence-corrected chi connectivity index (χ2v) is 10.4. The molecule has 1 aromatic carbocycles. The minimum absolute atomic E-state index is 0.0124. The predicted molar refractivity (Wildman–Crippen MR) is 131 cm³/mol. The zero-order valence-corrected chi connectivity index (χ0v) is 21.2. The number of rotatable bonds is 8. The number of fused-ring (bicyclic) bond motifs is 1. The number of carbonyl (C=O) groups is 2. The molecular weight excluding hydrogens is 438 g/mol. The van der Waals surface area contributed by atoms with Gasteiger partial charge in [0.15, 0.2) is 0 Å². The van der Waals surface area contributed by atoms with Crippen LogP contribution in [0.4, 0.5) is 9.59 Å². The first-order valence-corrected chi connectivity index (χ1v) is 11.5. The van der Waals surface area contributed by atoms with E-state index < -0.39 is 17.8 Å². The molecule has 2 amide bonds. The molecule has 0 bridgehead atoms. The van der Waals surface area contributed by atoms with Crippen molar-refractivity contribution in [3.63, 3.8) is 0 Å². The smallest absolute Gasteiger partial charge is 0.409 e. The molecule has 0 radical (unpaired) electrons. The molecule has 3 N–H and O–H groups in total. The highest BCUT2D eigenvalue weighted by atomic mass is 16.6. The lowest BCUT2D eigenvalue weighted by atomic mass is 9.96. The van der Waals surface area contributed by atoms with Crippen molar-refractivity contribution in [3.8, 4) is 11.5 Å². The summed E-state index contributed by atoms with van der Waals surface area (Å²) in [4.78, 5) is 37.2. The van der Waals surface area contributed by atoms with E-state index in [2.05, 4.69) is 5.32 Å². The third-order valence-corrected chi connectivity index (χ3v) is 4.69. The molecule has 2 rings (SSSR count). The number of pyridine rings is 1. The number of primary amides is 1. The van der Waals surface area contributed by atoms with Gasteiger partial charge in [0.2, 0.25) is 0 Å². The van der Waals surface area contributed by atoms with Crippen molar-refractivity contribution in [2.75, 3.05) is 6.61 Å². The fourth-order valence-corrected chi connectivity index (χ4v) is 3.39. The number of nitrogens with zero attached hydrogens (tertiary/aromatic N) is 1. The standard InChI is InChI=1S/C25H37N3O6/c1-8-9-12-32-20-18-13-16(33-22(26)30)10-11-17(18)21(29)28(15-24(2,3)4)19(20)14-27-23(31)34-25(5,6)7/h10-11,13H,8-9,12,14-15H2,1-7H3,(H2,26,30)(H,27,31). The summed E-state index contributed by atoms with van der Waals surface area (Å²) in [5.74, 6) is 0.637. The highest BCUT2D eigenvalue weighted by Crippen LogP contribution is 2.32. The van der Waals surface area contributed by atoms with Gasteiger partial charge in [-0.1, -0.05) is 34.1 Å². The highest BCUT2D eigenvalue weighted by molar-refractivity contribution is 5.90. The Bertz CT molecular complexity index is 1090. The number of unbranched alkanes of at least 4 members (excludes halogenated alkanes) is 1. The van der Waals surface area contributed by atoms with Crippen molar-refractivity contribution in [1.29, 1.82) is 0 Å². The number of carbonyl (C=O) groups excluding carboxylic acids is 2. The molecule has 9 nitrogen and oxygen atoms in total. The lowest BCUT2D eigenvalue weighted by Crippen LogP contribution is -2.36. The van der Waals surface area contributed by atoms with Gasteiger partial charge >= 0.3 is 12.2 Å². The van der Waals surface area contributed by atoms with Crippen molar-refractivity contribution in [3.05, 3.63) is 34.2 Å². The number of ether oxygens (including phenoxy) is 3. The Morgan fingerprint density at radius 2 is 1.76 bits per heavy atom. The zero-order chi connectivity index (χ0) is 25.7. The average Bonchev–Trinajstić information content (AvgIpc) is 2.67. The molecule has 9 heteroatoms. The summed E-state index contributed by atoms with van der Waals surface area (Å²) in [6.45, 7) is 14.3. The van der Waals surface area contributed by atoms with E-state index in [0.717, 1.165) is 12.8 Å². The topological polar surface area (TPSA) is 122 Å². The van der Waals surface area contributed by atoms with E-state index in [-0.39, 0.29) is 23.3 Å². The zero-order valence-electron chi connectivity index (χ0n) is 21.2. The molecular formula is C25H37N3O6. The van der Waals surface area contributed by atoms with Gasteiger partial charge in [-0.25, -0.2) is 9.59 Å². The normalized spacial score (nSPS) is 11.9. The molecule has 188 valence electrons. The Hall–Kier alpha value is -3.23. The fourth-order valence-electron chi connectivity index (χ4n) is 3.39. The van der Waals surface area contributed by atoms with E-state index in [0.29, 0.717) is 35.4 Å². The Labute approximate surface area is 200 Å². The van der Waals surface area contributed by atoms with Gasteiger partial charge < -0.3 is 29.8 Å². The maximum atomic E-state index is 13.5. The van der Waals surface area contributed by atoms with Crippen LogP contribution in [-0.2, 0) is 17.8 Å². The Balaban J connectivity index is 2.71. The molecule has 0 saturated heterocycles. The third-order valence-electron chi connectivity index (χ3n) is 4.69. The summed E-state index contributed by atoms with van der Waals surface area (Å²) in [7, 11) is 0. The fraction of sp³-hybridized carbons (Fsp3) is 0.560. The van der Waals surface area contributed by atoms with E-state index in [4.69, 9.17) is 19.9 Å². The van der Waals surface area contributed by atoms with Crippen LogP contribution in [0.2, 0.25) is 0 Å². The van der Waals surface area contributed by atoms with Crippen molar-refractivity contribution in [1.82, 2.24) is 9.88 Å². The van der Waals surface area contributed by atoms with Gasteiger partial charge in [0.1, 0.15) is 17.1 Å². The van der Waals surface area contributed by atoms with E-state index in [1.807, 2.05) is 27.7 Å². The van der Waals surface area contributed by atoms with Gasteiger partial charge in [0.05, 0.1) is 24.2 Å². The van der Waals surface area contributed by atoms with Gasteiger partial charge in [-0.05, 0) is 50.8 Å². The average molecular weight is 476 g/mol. The van der Waals surface area contributed by atoms with Crippen molar-refractivity contribution >= 4 is 23.0 Å². The van der Waals surface area contributed by atoms with E-state index in [1.165, 1.54) is 6.07 Å². The molecule has 34 heavy (non-hydrogen) atoms. The summed E-state index contributed by atoms with van der Waals surface area (Å²) in [5.41, 5.74) is 4.54. The predicted octanol–water partition coefficient (Wildman–Crippen LogP) is 4.71. The largest absolute Gasteiger partial charge is 0.491 e. The second kappa shape index (κ2) is 10.8. The van der Waals surface area contributed by atoms with Crippen LogP contribution in [0, 0.1) is 5.41 Å². The Kier molecular flexibility index (Phi) is 8.58. The lowest BCUT2D eigenvalue weighted by Gasteiger charge is -2.26. The van der Waals surface area contributed by atoms with E-state index in [1.54, 1.807) is 37.5 Å². The second-order valence-electron chi connectivity index (χ2n) is 10.4. The number of benzene rings is 1. The van der Waals surface area contributed by atoms with Gasteiger partial charge in [-0.3, -0.25) is 4.79 Å². The molecule has 0 aliphatic carbocycles. The SMILES string of the molecule is CCCCOc1c(CNC(=O)OC(C)(C)C)n(CC(C)(C)C)c(=O)c2ccc(OC(N)=O)cc12.